The molecule has 3 aromatic rings. The molecule has 150 valence electrons. The second kappa shape index (κ2) is 8.14. The Kier molecular flexibility index (Phi) is 5.63. The molecule has 0 spiro atoms. The van der Waals surface area contributed by atoms with Crippen molar-refractivity contribution >= 4 is 11.8 Å². The Bertz CT molecular complexity index is 1000. The summed E-state index contributed by atoms with van der Waals surface area (Å²) in [7, 11) is 0. The van der Waals surface area contributed by atoms with Gasteiger partial charge >= 0.3 is 5.97 Å². The lowest BCUT2D eigenvalue weighted by atomic mass is 10.1. The summed E-state index contributed by atoms with van der Waals surface area (Å²) in [6.45, 7) is 5.24. The van der Waals surface area contributed by atoms with Gasteiger partial charge in [0.15, 0.2) is 6.61 Å². The van der Waals surface area contributed by atoms with Crippen LogP contribution in [-0.2, 0) is 9.53 Å². The van der Waals surface area contributed by atoms with Crippen molar-refractivity contribution in [1.29, 1.82) is 5.41 Å². The van der Waals surface area contributed by atoms with Crippen LogP contribution in [0.2, 0.25) is 0 Å². The van der Waals surface area contributed by atoms with E-state index >= 15 is 0 Å². The third-order valence-corrected chi connectivity index (χ3v) is 3.76. The van der Waals surface area contributed by atoms with Crippen LogP contribution in [0.5, 0.6) is 5.75 Å². The molecule has 0 aliphatic rings. The zero-order chi connectivity index (χ0) is 21.0. The Balaban J connectivity index is 1.65. The van der Waals surface area contributed by atoms with Crippen molar-refractivity contribution in [3.8, 4) is 28.6 Å². The molecule has 0 aliphatic carbocycles. The number of esters is 1. The molecule has 1 heterocycles. The fraction of sp³-hybridized carbons (Fsp3) is 0.238. The van der Waals surface area contributed by atoms with Crippen molar-refractivity contribution < 1.29 is 18.8 Å². The first-order valence-electron chi connectivity index (χ1n) is 8.95. The molecule has 0 amide bonds. The van der Waals surface area contributed by atoms with E-state index in [-0.39, 0.29) is 12.4 Å². The van der Waals surface area contributed by atoms with Gasteiger partial charge in [-0.3, -0.25) is 5.41 Å². The normalized spacial score (nSPS) is 11.1. The summed E-state index contributed by atoms with van der Waals surface area (Å²) < 4.78 is 16.0. The highest BCUT2D eigenvalue weighted by Gasteiger charge is 2.17. The van der Waals surface area contributed by atoms with Crippen LogP contribution in [0.1, 0.15) is 26.3 Å². The van der Waals surface area contributed by atoms with E-state index in [1.54, 1.807) is 69.3 Å². The molecule has 0 unspecified atom stereocenters. The number of nitrogens with two attached hydrogens (primary N) is 1. The van der Waals surface area contributed by atoms with Crippen LogP contribution >= 0.6 is 0 Å². The molecule has 0 radical (unpaired) electrons. The van der Waals surface area contributed by atoms with Gasteiger partial charge in [0, 0.05) is 16.7 Å². The van der Waals surface area contributed by atoms with Gasteiger partial charge in [-0.05, 0) is 57.2 Å². The van der Waals surface area contributed by atoms with Gasteiger partial charge in [-0.25, -0.2) is 4.79 Å². The number of ether oxygens (including phenoxy) is 2. The molecule has 0 fully saturated rings. The van der Waals surface area contributed by atoms with Crippen LogP contribution in [0.4, 0.5) is 0 Å². The predicted molar refractivity (Wildman–Crippen MR) is 108 cm³/mol. The van der Waals surface area contributed by atoms with Crippen molar-refractivity contribution in [2.24, 2.45) is 5.73 Å². The molecule has 0 saturated heterocycles. The van der Waals surface area contributed by atoms with E-state index in [1.165, 1.54) is 0 Å². The summed E-state index contributed by atoms with van der Waals surface area (Å²) in [6.07, 6.45) is 0. The number of amidine groups is 1. The van der Waals surface area contributed by atoms with Crippen molar-refractivity contribution in [2.45, 2.75) is 26.4 Å². The van der Waals surface area contributed by atoms with Crippen LogP contribution in [0.3, 0.4) is 0 Å². The minimum atomic E-state index is -0.549. The fourth-order valence-corrected chi connectivity index (χ4v) is 2.46. The second-order valence-corrected chi connectivity index (χ2v) is 7.31. The monoisotopic (exact) mass is 394 g/mol. The number of hydrogen-bond acceptors (Lipinski definition) is 7. The van der Waals surface area contributed by atoms with Gasteiger partial charge in [-0.15, -0.1) is 0 Å². The number of carbonyl (C=O) groups is 1. The van der Waals surface area contributed by atoms with Gasteiger partial charge in [0.1, 0.15) is 17.2 Å². The molecular weight excluding hydrogens is 372 g/mol. The van der Waals surface area contributed by atoms with Crippen molar-refractivity contribution in [2.75, 3.05) is 6.61 Å². The van der Waals surface area contributed by atoms with Gasteiger partial charge in [-0.2, -0.15) is 4.98 Å². The van der Waals surface area contributed by atoms with E-state index in [0.717, 1.165) is 11.1 Å². The third kappa shape index (κ3) is 5.41. The van der Waals surface area contributed by atoms with E-state index < -0.39 is 11.6 Å². The maximum atomic E-state index is 11.7. The summed E-state index contributed by atoms with van der Waals surface area (Å²) in [5, 5.41) is 11.4. The highest BCUT2D eigenvalue weighted by molar-refractivity contribution is 5.95. The van der Waals surface area contributed by atoms with Gasteiger partial charge in [0.2, 0.25) is 5.82 Å². The molecule has 8 nitrogen and oxygen atoms in total. The molecule has 0 saturated carbocycles. The highest BCUT2D eigenvalue weighted by Crippen LogP contribution is 2.24. The van der Waals surface area contributed by atoms with E-state index in [2.05, 4.69) is 10.1 Å². The fourth-order valence-electron chi connectivity index (χ4n) is 2.46. The zero-order valence-electron chi connectivity index (χ0n) is 16.4. The van der Waals surface area contributed by atoms with Crippen molar-refractivity contribution in [1.82, 2.24) is 10.1 Å². The quantitative estimate of drug-likeness (QED) is 0.373. The van der Waals surface area contributed by atoms with E-state index in [1.807, 2.05) is 0 Å². The van der Waals surface area contributed by atoms with Gasteiger partial charge < -0.3 is 19.7 Å². The summed E-state index contributed by atoms with van der Waals surface area (Å²) in [5.41, 5.74) is 7.00. The van der Waals surface area contributed by atoms with E-state index in [9.17, 15) is 4.79 Å². The molecule has 29 heavy (non-hydrogen) atoms. The molecule has 0 aliphatic heterocycles. The topological polar surface area (TPSA) is 124 Å². The Morgan fingerprint density at radius 1 is 1.07 bits per heavy atom. The number of hydrogen-bond donors (Lipinski definition) is 2. The van der Waals surface area contributed by atoms with Gasteiger partial charge in [-0.1, -0.05) is 17.3 Å². The summed E-state index contributed by atoms with van der Waals surface area (Å²) in [5.74, 6) is 0.884. The SMILES string of the molecule is CC(C)(C)OC(=O)COc1ccc(-c2noc(-c3ccc(C(=N)N)cc3)n2)cc1. The van der Waals surface area contributed by atoms with Crippen LogP contribution in [0.25, 0.3) is 22.8 Å². The Morgan fingerprint density at radius 2 is 1.69 bits per heavy atom. The Morgan fingerprint density at radius 3 is 2.28 bits per heavy atom. The average Bonchev–Trinajstić information content (AvgIpc) is 3.16. The lowest BCUT2D eigenvalue weighted by Gasteiger charge is -2.19. The number of rotatable bonds is 6. The number of nitrogen functional groups attached to an aromatic ring is 1. The van der Waals surface area contributed by atoms with Crippen LogP contribution in [0, 0.1) is 5.41 Å². The lowest BCUT2D eigenvalue weighted by Crippen LogP contribution is -2.27. The molecule has 0 atom stereocenters. The Hall–Kier alpha value is -3.68. The average molecular weight is 394 g/mol. The number of carbonyl (C=O) groups excluding carboxylic acids is 1. The highest BCUT2D eigenvalue weighted by atomic mass is 16.6. The first-order valence-corrected chi connectivity index (χ1v) is 8.95. The largest absolute Gasteiger partial charge is 0.482 e. The molecule has 2 aromatic carbocycles. The maximum Gasteiger partial charge on any atom is 0.344 e. The first-order chi connectivity index (χ1) is 13.7. The minimum Gasteiger partial charge on any atom is -0.482 e. The molecule has 3 rings (SSSR count). The molecule has 8 heteroatoms. The minimum absolute atomic E-state index is 0.00301. The molecule has 0 bridgehead atoms. The summed E-state index contributed by atoms with van der Waals surface area (Å²) in [6, 6.07) is 14.0. The maximum absolute atomic E-state index is 11.7. The Labute approximate surface area is 168 Å². The lowest BCUT2D eigenvalue weighted by molar-refractivity contribution is -0.157. The number of benzene rings is 2. The standard InChI is InChI=1S/C21H22N4O4/c1-21(2,3)28-17(26)12-27-16-10-8-14(9-11-16)19-24-20(29-25-19)15-6-4-13(5-7-15)18(22)23/h4-11H,12H2,1-3H3,(H3,22,23). The van der Waals surface area contributed by atoms with Gasteiger partial charge in [0.25, 0.3) is 5.89 Å². The van der Waals surface area contributed by atoms with Crippen molar-refractivity contribution in [3.63, 3.8) is 0 Å². The van der Waals surface area contributed by atoms with Crippen molar-refractivity contribution in [3.05, 3.63) is 54.1 Å². The molecule has 3 N–H and O–H groups in total. The number of aromatic nitrogens is 2. The first kappa shape index (κ1) is 20.1. The summed E-state index contributed by atoms with van der Waals surface area (Å²) >= 11 is 0. The number of nitrogens with one attached hydrogen (secondary N) is 1. The summed E-state index contributed by atoms with van der Waals surface area (Å²) in [4.78, 5) is 16.1. The smallest absolute Gasteiger partial charge is 0.344 e. The second-order valence-electron chi connectivity index (χ2n) is 7.31. The number of nitrogens with zero attached hydrogens (tertiary/aromatic N) is 2. The van der Waals surface area contributed by atoms with Gasteiger partial charge in [0.05, 0.1) is 0 Å². The third-order valence-electron chi connectivity index (χ3n) is 3.76. The predicted octanol–water partition coefficient (Wildman–Crippen LogP) is 3.41. The zero-order valence-corrected chi connectivity index (χ0v) is 16.4. The van der Waals surface area contributed by atoms with Crippen LogP contribution in [0.15, 0.2) is 53.1 Å². The molecular formula is C21H22N4O4. The molecule has 1 aromatic heterocycles. The van der Waals surface area contributed by atoms with Crippen LogP contribution in [-0.4, -0.2) is 34.2 Å². The van der Waals surface area contributed by atoms with E-state index in [4.69, 9.17) is 25.1 Å². The van der Waals surface area contributed by atoms with Crippen LogP contribution < -0.4 is 10.5 Å². The van der Waals surface area contributed by atoms with E-state index in [0.29, 0.717) is 23.0 Å².